The van der Waals surface area contributed by atoms with Crippen LogP contribution in [-0.4, -0.2) is 4.57 Å². The summed E-state index contributed by atoms with van der Waals surface area (Å²) in [7, 11) is 0. The van der Waals surface area contributed by atoms with E-state index in [1.165, 1.54) is 0 Å². The van der Waals surface area contributed by atoms with E-state index >= 15 is 0 Å². The molecule has 0 unspecified atom stereocenters. The Morgan fingerprint density at radius 1 is 0.962 bits per heavy atom. The number of unbranched alkanes of at least 4 members (excludes halogenated alkanes) is 1. The molecule has 3 nitrogen and oxygen atoms in total. The Kier molecular flexibility index (Phi) is 5.66. The predicted octanol–water partition coefficient (Wildman–Crippen LogP) is 4.78. The lowest BCUT2D eigenvalue weighted by molar-refractivity contribution is 0.667. The van der Waals surface area contributed by atoms with E-state index in [2.05, 4.69) is 13.0 Å². The summed E-state index contributed by atoms with van der Waals surface area (Å²) in [5, 5.41) is 9.27. The highest BCUT2D eigenvalue weighted by atomic mass is 16.1. The normalized spacial score (nSPS) is 10.5. The van der Waals surface area contributed by atoms with Gasteiger partial charge in [0.1, 0.15) is 0 Å². The highest BCUT2D eigenvalue weighted by molar-refractivity contribution is 5.70. The van der Waals surface area contributed by atoms with Crippen molar-refractivity contribution in [2.75, 3.05) is 0 Å². The summed E-state index contributed by atoms with van der Waals surface area (Å²) in [4.78, 5) is 12.3. The molecule has 0 aliphatic heterocycles. The SMILES string of the molecule is CCCCc1cccc(=O)n1Cc1ccc(-c2ccccc2C#N)cc1. The van der Waals surface area contributed by atoms with Crippen LogP contribution in [0.1, 0.15) is 36.6 Å². The van der Waals surface area contributed by atoms with Gasteiger partial charge in [-0.1, -0.05) is 61.9 Å². The quantitative estimate of drug-likeness (QED) is 0.647. The summed E-state index contributed by atoms with van der Waals surface area (Å²) in [5.41, 5.74) is 4.81. The smallest absolute Gasteiger partial charge is 0.251 e. The number of hydrogen-bond donors (Lipinski definition) is 0. The van der Waals surface area contributed by atoms with Gasteiger partial charge >= 0.3 is 0 Å². The summed E-state index contributed by atoms with van der Waals surface area (Å²) < 4.78 is 1.86. The number of rotatable bonds is 6. The van der Waals surface area contributed by atoms with Crippen LogP contribution >= 0.6 is 0 Å². The summed E-state index contributed by atoms with van der Waals surface area (Å²) >= 11 is 0. The van der Waals surface area contributed by atoms with Crippen LogP contribution < -0.4 is 5.56 Å². The molecule has 1 heterocycles. The average molecular weight is 342 g/mol. The van der Waals surface area contributed by atoms with Crippen LogP contribution in [0, 0.1) is 11.3 Å². The van der Waals surface area contributed by atoms with E-state index in [0.29, 0.717) is 12.1 Å². The molecule has 26 heavy (non-hydrogen) atoms. The molecule has 3 heteroatoms. The second kappa shape index (κ2) is 8.31. The molecular weight excluding hydrogens is 320 g/mol. The Morgan fingerprint density at radius 2 is 1.73 bits per heavy atom. The van der Waals surface area contributed by atoms with Crippen LogP contribution in [0.4, 0.5) is 0 Å². The number of nitrogens with zero attached hydrogens (tertiary/aromatic N) is 2. The number of nitriles is 1. The van der Waals surface area contributed by atoms with Gasteiger partial charge in [0.25, 0.3) is 5.56 Å². The van der Waals surface area contributed by atoms with Crippen molar-refractivity contribution in [3.8, 4) is 17.2 Å². The van der Waals surface area contributed by atoms with Crippen molar-refractivity contribution >= 4 is 0 Å². The van der Waals surface area contributed by atoms with Crippen LogP contribution in [0.5, 0.6) is 0 Å². The minimum Gasteiger partial charge on any atom is -0.308 e. The summed E-state index contributed by atoms with van der Waals surface area (Å²) in [6.45, 7) is 2.72. The van der Waals surface area contributed by atoms with Crippen molar-refractivity contribution < 1.29 is 0 Å². The molecule has 1 aromatic heterocycles. The van der Waals surface area contributed by atoms with Gasteiger partial charge in [0.05, 0.1) is 18.2 Å². The third-order valence-corrected chi connectivity index (χ3v) is 4.58. The van der Waals surface area contributed by atoms with Gasteiger partial charge in [0.2, 0.25) is 0 Å². The number of pyridine rings is 1. The van der Waals surface area contributed by atoms with E-state index in [-0.39, 0.29) is 5.56 Å². The topological polar surface area (TPSA) is 45.8 Å². The molecule has 0 atom stereocenters. The maximum Gasteiger partial charge on any atom is 0.251 e. The fourth-order valence-electron chi connectivity index (χ4n) is 3.12. The Morgan fingerprint density at radius 3 is 2.46 bits per heavy atom. The molecule has 130 valence electrons. The van der Waals surface area contributed by atoms with Gasteiger partial charge in [0.15, 0.2) is 0 Å². The van der Waals surface area contributed by atoms with Gasteiger partial charge in [-0.25, -0.2) is 0 Å². The van der Waals surface area contributed by atoms with Gasteiger partial charge in [-0.3, -0.25) is 4.79 Å². The van der Waals surface area contributed by atoms with E-state index in [9.17, 15) is 10.1 Å². The van der Waals surface area contributed by atoms with Gasteiger partial charge in [0, 0.05) is 11.8 Å². The van der Waals surface area contributed by atoms with Crippen LogP contribution in [0.25, 0.3) is 11.1 Å². The second-order valence-electron chi connectivity index (χ2n) is 6.40. The molecule has 0 saturated heterocycles. The Labute approximate surface area is 154 Å². The fourth-order valence-corrected chi connectivity index (χ4v) is 3.12. The highest BCUT2D eigenvalue weighted by Crippen LogP contribution is 2.23. The first-order valence-corrected chi connectivity index (χ1v) is 9.00. The fraction of sp³-hybridized carbons (Fsp3) is 0.217. The van der Waals surface area contributed by atoms with Crippen molar-refractivity contribution in [2.24, 2.45) is 0 Å². The molecule has 0 radical (unpaired) electrons. The third kappa shape index (κ3) is 3.92. The Hall–Kier alpha value is -3.12. The molecule has 0 amide bonds. The van der Waals surface area contributed by atoms with Crippen molar-refractivity contribution in [3.05, 3.63) is 93.9 Å². The number of hydrogen-bond acceptors (Lipinski definition) is 2. The monoisotopic (exact) mass is 342 g/mol. The maximum absolute atomic E-state index is 12.3. The number of benzene rings is 2. The molecule has 0 N–H and O–H groups in total. The molecule has 0 aliphatic rings. The van der Waals surface area contributed by atoms with Crippen LogP contribution in [0.3, 0.4) is 0 Å². The van der Waals surface area contributed by atoms with Gasteiger partial charge in [-0.2, -0.15) is 5.26 Å². The van der Waals surface area contributed by atoms with Crippen LogP contribution in [0.15, 0.2) is 71.5 Å². The Balaban J connectivity index is 1.87. The first-order chi connectivity index (χ1) is 12.7. The molecule has 3 aromatic rings. The predicted molar refractivity (Wildman–Crippen MR) is 105 cm³/mol. The van der Waals surface area contributed by atoms with Crippen molar-refractivity contribution in [3.63, 3.8) is 0 Å². The molecule has 3 rings (SSSR count). The second-order valence-corrected chi connectivity index (χ2v) is 6.40. The van der Waals surface area contributed by atoms with E-state index < -0.39 is 0 Å². The summed E-state index contributed by atoms with van der Waals surface area (Å²) in [6, 6.07) is 23.4. The molecule has 0 bridgehead atoms. The van der Waals surface area contributed by atoms with Crippen molar-refractivity contribution in [2.45, 2.75) is 32.7 Å². The molecule has 0 aliphatic carbocycles. The lowest BCUT2D eigenvalue weighted by Crippen LogP contribution is -2.23. The van der Waals surface area contributed by atoms with E-state index in [0.717, 1.165) is 41.6 Å². The van der Waals surface area contributed by atoms with Gasteiger partial charge in [-0.15, -0.1) is 0 Å². The standard InChI is InChI=1S/C23H22N2O/c1-2-3-8-21-9-6-11-23(26)25(21)17-18-12-14-19(15-13-18)22-10-5-4-7-20(22)16-24/h4-7,9-15H,2-3,8,17H2,1H3. The number of aryl methyl sites for hydroxylation is 1. The Bertz CT molecular complexity index is 978. The minimum atomic E-state index is 0.0394. The average Bonchev–Trinajstić information content (AvgIpc) is 2.69. The zero-order chi connectivity index (χ0) is 18.4. The largest absolute Gasteiger partial charge is 0.308 e. The lowest BCUT2D eigenvalue weighted by atomic mass is 9.99. The number of aromatic nitrogens is 1. The first kappa shape index (κ1) is 17.7. The molecule has 0 fully saturated rings. The summed E-state index contributed by atoms with van der Waals surface area (Å²) in [6.07, 6.45) is 3.10. The molecule has 0 spiro atoms. The minimum absolute atomic E-state index is 0.0394. The summed E-state index contributed by atoms with van der Waals surface area (Å²) in [5.74, 6) is 0. The van der Waals surface area contributed by atoms with E-state index in [4.69, 9.17) is 0 Å². The molecule has 0 saturated carbocycles. The third-order valence-electron chi connectivity index (χ3n) is 4.58. The zero-order valence-corrected chi connectivity index (χ0v) is 15.0. The zero-order valence-electron chi connectivity index (χ0n) is 15.0. The van der Waals surface area contributed by atoms with Crippen molar-refractivity contribution in [1.82, 2.24) is 4.57 Å². The lowest BCUT2D eigenvalue weighted by Gasteiger charge is -2.13. The molecular formula is C23H22N2O. The van der Waals surface area contributed by atoms with Gasteiger partial charge in [-0.05, 0) is 41.7 Å². The maximum atomic E-state index is 12.3. The van der Waals surface area contributed by atoms with Crippen molar-refractivity contribution in [1.29, 1.82) is 5.26 Å². The first-order valence-electron chi connectivity index (χ1n) is 9.00. The van der Waals surface area contributed by atoms with Crippen LogP contribution in [-0.2, 0) is 13.0 Å². The van der Waals surface area contributed by atoms with Gasteiger partial charge < -0.3 is 4.57 Å². The van der Waals surface area contributed by atoms with E-state index in [1.54, 1.807) is 6.07 Å². The van der Waals surface area contributed by atoms with E-state index in [1.807, 2.05) is 65.2 Å². The highest BCUT2D eigenvalue weighted by Gasteiger charge is 2.07. The van der Waals surface area contributed by atoms with Crippen LogP contribution in [0.2, 0.25) is 0 Å². The molecule has 2 aromatic carbocycles.